The zero-order valence-corrected chi connectivity index (χ0v) is 21.6. The predicted octanol–water partition coefficient (Wildman–Crippen LogP) is 7.82. The molecule has 0 aromatic heterocycles. The fraction of sp³-hybridized carbons (Fsp3) is 0.767. The van der Waals surface area contributed by atoms with E-state index in [-0.39, 0.29) is 6.09 Å². The number of likely N-dealkylation sites (tertiary alicyclic amines) is 1. The Morgan fingerprint density at radius 2 is 1.53 bits per heavy atom. The van der Waals surface area contributed by atoms with Gasteiger partial charge in [-0.1, -0.05) is 89.7 Å². The minimum Gasteiger partial charge on any atom is -0.448 e. The molecule has 2 saturated carbocycles. The molecule has 3 aliphatic rings. The molecule has 1 aromatic carbocycles. The standard InChI is InChI=1S/C30H48N2O2/c1-2-24-16-18-27(19-17-24)31-30(33)34-22-21-32-20-10-9-15-28(32)23-29(25-11-5-3-6-12-25)26-13-7-4-8-14-26/h16-19,25-26,28-29H,2-15,20-23H2,1H3,(H,31,33). The number of benzene rings is 1. The van der Waals surface area contributed by atoms with Crippen LogP contribution in [0.5, 0.6) is 0 Å². The largest absolute Gasteiger partial charge is 0.448 e. The molecule has 0 radical (unpaired) electrons. The van der Waals surface area contributed by atoms with E-state index in [1.165, 1.54) is 95.5 Å². The van der Waals surface area contributed by atoms with Crippen LogP contribution in [-0.2, 0) is 11.2 Å². The van der Waals surface area contributed by atoms with E-state index in [1.807, 2.05) is 12.1 Å². The zero-order chi connectivity index (χ0) is 23.6. The molecule has 0 bridgehead atoms. The molecule has 1 aliphatic heterocycles. The molecule has 1 heterocycles. The van der Waals surface area contributed by atoms with Crippen molar-refractivity contribution in [3.05, 3.63) is 29.8 Å². The van der Waals surface area contributed by atoms with Crippen molar-refractivity contribution >= 4 is 11.8 Å². The minimum atomic E-state index is -0.333. The molecule has 4 heteroatoms. The highest BCUT2D eigenvalue weighted by molar-refractivity contribution is 5.84. The van der Waals surface area contributed by atoms with Crippen LogP contribution in [0.1, 0.15) is 102 Å². The van der Waals surface area contributed by atoms with Crippen LogP contribution >= 0.6 is 0 Å². The first-order valence-electron chi connectivity index (χ1n) is 14.5. The molecule has 1 atom stereocenters. The Morgan fingerprint density at radius 1 is 0.912 bits per heavy atom. The van der Waals surface area contributed by atoms with Crippen LogP contribution in [0.15, 0.2) is 24.3 Å². The Bertz CT molecular complexity index is 704. The first kappa shape index (κ1) is 25.5. The van der Waals surface area contributed by atoms with E-state index in [9.17, 15) is 4.79 Å². The lowest BCUT2D eigenvalue weighted by atomic mass is 9.67. The predicted molar refractivity (Wildman–Crippen MR) is 141 cm³/mol. The van der Waals surface area contributed by atoms with Crippen LogP contribution in [0.3, 0.4) is 0 Å². The number of carbonyl (C=O) groups is 1. The van der Waals surface area contributed by atoms with Crippen molar-refractivity contribution in [2.45, 2.75) is 109 Å². The summed E-state index contributed by atoms with van der Waals surface area (Å²) in [5, 5.41) is 2.88. The molecule has 1 aromatic rings. The summed E-state index contributed by atoms with van der Waals surface area (Å²) in [6, 6.07) is 8.71. The van der Waals surface area contributed by atoms with Gasteiger partial charge < -0.3 is 4.74 Å². The van der Waals surface area contributed by atoms with E-state index in [2.05, 4.69) is 29.3 Å². The maximum atomic E-state index is 12.3. The SMILES string of the molecule is CCc1ccc(NC(=O)OCCN2CCCCC2CC(C2CCCCC2)C2CCCCC2)cc1. The summed E-state index contributed by atoms with van der Waals surface area (Å²) in [4.78, 5) is 15.0. The molecule has 0 spiro atoms. The summed E-state index contributed by atoms with van der Waals surface area (Å²) < 4.78 is 5.60. The average Bonchev–Trinajstić information content (AvgIpc) is 2.89. The molecule has 4 nitrogen and oxygen atoms in total. The number of piperidine rings is 1. The Labute approximate surface area is 208 Å². The van der Waals surface area contributed by atoms with Crippen LogP contribution in [0.2, 0.25) is 0 Å². The summed E-state index contributed by atoms with van der Waals surface area (Å²) in [6.07, 6.45) is 20.6. The van der Waals surface area contributed by atoms with Gasteiger partial charge in [-0.2, -0.15) is 0 Å². The Kier molecular flexibility index (Phi) is 10.2. The van der Waals surface area contributed by atoms with Gasteiger partial charge in [0.25, 0.3) is 0 Å². The van der Waals surface area contributed by atoms with Gasteiger partial charge >= 0.3 is 6.09 Å². The quantitative estimate of drug-likeness (QED) is 0.402. The van der Waals surface area contributed by atoms with E-state index in [4.69, 9.17) is 4.74 Å². The summed E-state index contributed by atoms with van der Waals surface area (Å²) in [6.45, 7) is 4.65. The number of nitrogens with one attached hydrogen (secondary N) is 1. The second-order valence-corrected chi connectivity index (χ2v) is 11.2. The van der Waals surface area contributed by atoms with Gasteiger partial charge in [-0.3, -0.25) is 10.2 Å². The molecule has 1 saturated heterocycles. The molecule has 1 N–H and O–H groups in total. The fourth-order valence-corrected chi connectivity index (χ4v) is 7.06. The minimum absolute atomic E-state index is 0.333. The van der Waals surface area contributed by atoms with E-state index in [0.717, 1.165) is 43.0 Å². The second-order valence-electron chi connectivity index (χ2n) is 11.2. The van der Waals surface area contributed by atoms with Gasteiger partial charge in [-0.05, 0) is 67.7 Å². The van der Waals surface area contributed by atoms with E-state index in [0.29, 0.717) is 12.6 Å². The highest BCUT2D eigenvalue weighted by atomic mass is 16.5. The summed E-state index contributed by atoms with van der Waals surface area (Å²) >= 11 is 0. The molecule has 34 heavy (non-hydrogen) atoms. The molecule has 3 fully saturated rings. The van der Waals surface area contributed by atoms with Gasteiger partial charge in [0.05, 0.1) is 0 Å². The maximum absolute atomic E-state index is 12.3. The van der Waals surface area contributed by atoms with E-state index < -0.39 is 0 Å². The molecule has 190 valence electrons. The Balaban J connectivity index is 1.28. The third-order valence-corrected chi connectivity index (χ3v) is 9.02. The van der Waals surface area contributed by atoms with Crippen LogP contribution in [-0.4, -0.2) is 36.7 Å². The molecule has 4 rings (SSSR count). The van der Waals surface area contributed by atoms with Gasteiger partial charge in [-0.15, -0.1) is 0 Å². The summed E-state index contributed by atoms with van der Waals surface area (Å²) in [5.74, 6) is 2.84. The normalized spacial score (nSPS) is 23.2. The molecular weight excluding hydrogens is 420 g/mol. The van der Waals surface area contributed by atoms with Gasteiger partial charge in [0.2, 0.25) is 0 Å². The number of carbonyl (C=O) groups excluding carboxylic acids is 1. The number of nitrogens with zero attached hydrogens (tertiary/aromatic N) is 1. The van der Waals surface area contributed by atoms with Crippen molar-refractivity contribution in [1.29, 1.82) is 0 Å². The van der Waals surface area contributed by atoms with Gasteiger partial charge in [0, 0.05) is 18.3 Å². The average molecular weight is 469 g/mol. The highest BCUT2D eigenvalue weighted by Gasteiger charge is 2.35. The van der Waals surface area contributed by atoms with Crippen molar-refractivity contribution in [2.75, 3.05) is 25.0 Å². The van der Waals surface area contributed by atoms with Crippen LogP contribution in [0.25, 0.3) is 0 Å². The Hall–Kier alpha value is -1.55. The second kappa shape index (κ2) is 13.5. The van der Waals surface area contributed by atoms with Crippen molar-refractivity contribution in [3.8, 4) is 0 Å². The monoisotopic (exact) mass is 468 g/mol. The lowest BCUT2D eigenvalue weighted by Gasteiger charge is -2.43. The molecular formula is C30H48N2O2. The number of ether oxygens (including phenoxy) is 1. The van der Waals surface area contributed by atoms with Crippen molar-refractivity contribution in [3.63, 3.8) is 0 Å². The number of hydrogen-bond donors (Lipinski definition) is 1. The lowest BCUT2D eigenvalue weighted by molar-refractivity contribution is 0.0553. The zero-order valence-electron chi connectivity index (χ0n) is 21.6. The fourth-order valence-electron chi connectivity index (χ4n) is 7.06. The van der Waals surface area contributed by atoms with Gasteiger partial charge in [-0.25, -0.2) is 4.79 Å². The first-order chi connectivity index (χ1) is 16.7. The van der Waals surface area contributed by atoms with Gasteiger partial charge in [0.15, 0.2) is 0 Å². The van der Waals surface area contributed by atoms with Crippen molar-refractivity contribution in [2.24, 2.45) is 17.8 Å². The first-order valence-corrected chi connectivity index (χ1v) is 14.5. The Morgan fingerprint density at radius 3 is 2.15 bits per heavy atom. The third kappa shape index (κ3) is 7.47. The van der Waals surface area contributed by atoms with E-state index in [1.54, 1.807) is 0 Å². The highest BCUT2D eigenvalue weighted by Crippen LogP contribution is 2.43. The van der Waals surface area contributed by atoms with Crippen molar-refractivity contribution in [1.82, 2.24) is 4.90 Å². The molecule has 1 amide bonds. The number of anilines is 1. The van der Waals surface area contributed by atoms with Crippen LogP contribution < -0.4 is 5.32 Å². The summed E-state index contributed by atoms with van der Waals surface area (Å²) in [5.41, 5.74) is 2.08. The lowest BCUT2D eigenvalue weighted by Crippen LogP contribution is -2.44. The number of amides is 1. The topological polar surface area (TPSA) is 41.6 Å². The van der Waals surface area contributed by atoms with Crippen molar-refractivity contribution < 1.29 is 9.53 Å². The smallest absolute Gasteiger partial charge is 0.411 e. The summed E-state index contributed by atoms with van der Waals surface area (Å²) in [7, 11) is 0. The van der Waals surface area contributed by atoms with Gasteiger partial charge in [0.1, 0.15) is 6.61 Å². The number of rotatable bonds is 9. The van der Waals surface area contributed by atoms with E-state index >= 15 is 0 Å². The number of aryl methyl sites for hydroxylation is 1. The van der Waals surface area contributed by atoms with Crippen LogP contribution in [0, 0.1) is 17.8 Å². The molecule has 1 unspecified atom stereocenters. The third-order valence-electron chi connectivity index (χ3n) is 9.02. The van der Waals surface area contributed by atoms with Crippen LogP contribution in [0.4, 0.5) is 10.5 Å². The number of hydrogen-bond acceptors (Lipinski definition) is 3. The maximum Gasteiger partial charge on any atom is 0.411 e. The molecule has 2 aliphatic carbocycles.